The van der Waals surface area contributed by atoms with Gasteiger partial charge in [0.2, 0.25) is 0 Å². The summed E-state index contributed by atoms with van der Waals surface area (Å²) in [7, 11) is 0. The molecule has 8 aromatic rings. The molecule has 0 unspecified atom stereocenters. The van der Waals surface area contributed by atoms with Crippen LogP contribution in [-0.2, 0) is 0 Å². The topological polar surface area (TPSA) is 35.6 Å². The highest BCUT2D eigenvalue weighted by Gasteiger charge is 2.17. The van der Waals surface area contributed by atoms with E-state index in [4.69, 9.17) is 4.98 Å². The summed E-state index contributed by atoms with van der Waals surface area (Å²) in [4.78, 5) is 9.54. The Bertz CT molecular complexity index is 2130. The molecular weight excluding hydrogens is 464 g/mol. The molecule has 4 heteroatoms. The Balaban J connectivity index is 1.40. The predicted octanol–water partition coefficient (Wildman–Crippen LogP) is 8.34. The monoisotopic (exact) mass is 486 g/mol. The van der Waals surface area contributed by atoms with E-state index in [-0.39, 0.29) is 0 Å². The fraction of sp³-hybridized carbons (Fsp3) is 0. The molecule has 0 radical (unpaired) electrons. The lowest BCUT2D eigenvalue weighted by molar-refractivity contribution is 1.13. The molecule has 3 heterocycles. The number of benzene rings is 5. The third-order valence-electron chi connectivity index (χ3n) is 7.39. The summed E-state index contributed by atoms with van der Waals surface area (Å²) in [6.07, 6.45) is 4.07. The number of aromatic nitrogens is 4. The summed E-state index contributed by atoms with van der Waals surface area (Å²) in [5.74, 6) is 0.728. The van der Waals surface area contributed by atoms with Gasteiger partial charge in [0.05, 0.1) is 22.1 Å². The van der Waals surface area contributed by atoms with E-state index >= 15 is 0 Å². The molecule has 38 heavy (non-hydrogen) atoms. The van der Waals surface area contributed by atoms with Crippen molar-refractivity contribution in [1.29, 1.82) is 0 Å². The van der Waals surface area contributed by atoms with Gasteiger partial charge < -0.3 is 9.13 Å². The smallest absolute Gasteiger partial charge is 0.159 e. The summed E-state index contributed by atoms with van der Waals surface area (Å²) < 4.78 is 4.64. The first-order valence-corrected chi connectivity index (χ1v) is 12.8. The zero-order valence-electron chi connectivity index (χ0n) is 20.5. The molecule has 0 atom stereocenters. The van der Waals surface area contributed by atoms with Gasteiger partial charge in [0.1, 0.15) is 0 Å². The molecule has 0 spiro atoms. The Hall–Kier alpha value is -5.22. The van der Waals surface area contributed by atoms with Crippen molar-refractivity contribution in [2.75, 3.05) is 0 Å². The van der Waals surface area contributed by atoms with Crippen molar-refractivity contribution in [3.63, 3.8) is 0 Å². The van der Waals surface area contributed by atoms with Crippen LogP contribution >= 0.6 is 0 Å². The highest BCUT2D eigenvalue weighted by Crippen LogP contribution is 2.38. The predicted molar refractivity (Wildman–Crippen MR) is 156 cm³/mol. The van der Waals surface area contributed by atoms with Crippen LogP contribution in [0.2, 0.25) is 0 Å². The van der Waals surface area contributed by atoms with Crippen molar-refractivity contribution >= 4 is 43.6 Å². The number of rotatable bonds is 3. The fourth-order valence-electron chi connectivity index (χ4n) is 5.65. The fourth-order valence-corrected chi connectivity index (χ4v) is 5.65. The molecule has 0 saturated heterocycles. The van der Waals surface area contributed by atoms with E-state index in [1.54, 1.807) is 0 Å². The number of hydrogen-bond acceptors (Lipinski definition) is 2. The highest BCUT2D eigenvalue weighted by molar-refractivity contribution is 6.18. The third kappa shape index (κ3) is 3.10. The van der Waals surface area contributed by atoms with Crippen LogP contribution in [-0.4, -0.2) is 19.1 Å². The maximum absolute atomic E-state index is 4.86. The summed E-state index contributed by atoms with van der Waals surface area (Å²) in [5.41, 5.74) is 7.75. The van der Waals surface area contributed by atoms with E-state index in [1.165, 1.54) is 32.7 Å². The lowest BCUT2D eigenvalue weighted by Crippen LogP contribution is -1.96. The first-order valence-electron chi connectivity index (χ1n) is 12.8. The number of para-hydroxylation sites is 3. The van der Waals surface area contributed by atoms with Gasteiger partial charge in [-0.05, 0) is 48.5 Å². The Labute approximate surface area is 219 Å². The first-order chi connectivity index (χ1) is 18.8. The van der Waals surface area contributed by atoms with Crippen molar-refractivity contribution in [1.82, 2.24) is 19.1 Å². The maximum atomic E-state index is 4.86. The van der Waals surface area contributed by atoms with Gasteiger partial charge in [-0.2, -0.15) is 0 Å². The second kappa shape index (κ2) is 8.15. The van der Waals surface area contributed by atoms with Crippen LogP contribution < -0.4 is 0 Å². The molecule has 178 valence electrons. The average Bonchev–Trinajstić information content (AvgIpc) is 3.57. The van der Waals surface area contributed by atoms with E-state index in [0.717, 1.165) is 33.7 Å². The van der Waals surface area contributed by atoms with Gasteiger partial charge in [-0.25, -0.2) is 9.97 Å². The number of hydrogen-bond donors (Lipinski definition) is 0. The van der Waals surface area contributed by atoms with Crippen LogP contribution in [0.3, 0.4) is 0 Å². The van der Waals surface area contributed by atoms with Gasteiger partial charge >= 0.3 is 0 Å². The minimum Gasteiger partial charge on any atom is -0.316 e. The summed E-state index contributed by atoms with van der Waals surface area (Å²) in [6.45, 7) is 0. The molecule has 5 aromatic carbocycles. The van der Waals surface area contributed by atoms with Crippen LogP contribution in [0.4, 0.5) is 0 Å². The van der Waals surface area contributed by atoms with Crippen molar-refractivity contribution < 1.29 is 0 Å². The van der Waals surface area contributed by atoms with Crippen LogP contribution in [0, 0.1) is 0 Å². The third-order valence-corrected chi connectivity index (χ3v) is 7.39. The Morgan fingerprint density at radius 2 is 1.37 bits per heavy atom. The Morgan fingerprint density at radius 3 is 2.32 bits per heavy atom. The van der Waals surface area contributed by atoms with E-state index in [0.29, 0.717) is 0 Å². The van der Waals surface area contributed by atoms with Crippen molar-refractivity contribution in [3.8, 4) is 22.8 Å². The molecule has 4 nitrogen and oxygen atoms in total. The molecular formula is C34H22N4. The molecule has 0 aliphatic rings. The van der Waals surface area contributed by atoms with Gasteiger partial charge in [0, 0.05) is 50.9 Å². The molecule has 8 rings (SSSR count). The van der Waals surface area contributed by atoms with Gasteiger partial charge in [0.25, 0.3) is 0 Å². The average molecular weight is 487 g/mol. The van der Waals surface area contributed by atoms with Crippen LogP contribution in [0.5, 0.6) is 0 Å². The Morgan fingerprint density at radius 1 is 0.553 bits per heavy atom. The lowest BCUT2D eigenvalue weighted by Gasteiger charge is -2.11. The molecule has 0 N–H and O–H groups in total. The SMILES string of the molecule is c1ccc(-n2ccc3c2ccc2c4ccccc4n(-c4cccc(-c5ncc6ccccc6n5)c4)c23)cc1. The number of nitrogens with zero attached hydrogens (tertiary/aromatic N) is 4. The van der Waals surface area contributed by atoms with E-state index in [9.17, 15) is 0 Å². The molecule has 0 saturated carbocycles. The van der Waals surface area contributed by atoms with Crippen LogP contribution in [0.1, 0.15) is 0 Å². The van der Waals surface area contributed by atoms with Gasteiger partial charge in [-0.3, -0.25) is 0 Å². The lowest BCUT2D eigenvalue weighted by atomic mass is 10.1. The molecule has 0 amide bonds. The zero-order chi connectivity index (χ0) is 25.1. The van der Waals surface area contributed by atoms with E-state index in [1.807, 2.05) is 30.5 Å². The molecule has 0 fully saturated rings. The minimum absolute atomic E-state index is 0.728. The molecule has 3 aromatic heterocycles. The van der Waals surface area contributed by atoms with E-state index in [2.05, 4.69) is 117 Å². The van der Waals surface area contributed by atoms with Crippen LogP contribution in [0.25, 0.3) is 66.4 Å². The molecule has 0 bridgehead atoms. The molecule has 0 aliphatic heterocycles. The minimum atomic E-state index is 0.728. The van der Waals surface area contributed by atoms with Gasteiger partial charge in [-0.15, -0.1) is 0 Å². The summed E-state index contributed by atoms with van der Waals surface area (Å²) in [5, 5.41) is 4.74. The summed E-state index contributed by atoms with van der Waals surface area (Å²) in [6, 6.07) is 42.5. The van der Waals surface area contributed by atoms with Crippen molar-refractivity contribution in [2.24, 2.45) is 0 Å². The second-order valence-electron chi connectivity index (χ2n) is 9.57. The Kier molecular flexibility index (Phi) is 4.49. The maximum Gasteiger partial charge on any atom is 0.159 e. The van der Waals surface area contributed by atoms with Crippen LogP contribution in [0.15, 0.2) is 134 Å². The zero-order valence-corrected chi connectivity index (χ0v) is 20.5. The quantitative estimate of drug-likeness (QED) is 0.252. The number of fused-ring (bicyclic) bond motifs is 6. The van der Waals surface area contributed by atoms with Crippen molar-refractivity contribution in [3.05, 3.63) is 134 Å². The van der Waals surface area contributed by atoms with E-state index < -0.39 is 0 Å². The normalized spacial score (nSPS) is 11.7. The summed E-state index contributed by atoms with van der Waals surface area (Å²) >= 11 is 0. The largest absolute Gasteiger partial charge is 0.316 e. The second-order valence-corrected chi connectivity index (χ2v) is 9.57. The van der Waals surface area contributed by atoms with Gasteiger partial charge in [-0.1, -0.05) is 72.8 Å². The molecule has 0 aliphatic carbocycles. The highest BCUT2D eigenvalue weighted by atomic mass is 15.0. The standard InChI is InChI=1S/C34H22N4/c1-2-11-25(12-3-1)37-20-19-29-31(37)18-17-28-27-14-5-7-16-32(27)38(33(28)29)26-13-8-10-23(21-26)34-35-22-24-9-4-6-15-30(24)36-34/h1-22H. The van der Waals surface area contributed by atoms with Gasteiger partial charge in [0.15, 0.2) is 5.82 Å². The first kappa shape index (κ1) is 20.9. The van der Waals surface area contributed by atoms with Crippen molar-refractivity contribution in [2.45, 2.75) is 0 Å².